The maximum absolute atomic E-state index is 12.8. The van der Waals surface area contributed by atoms with Crippen LogP contribution in [0.25, 0.3) is 0 Å². The summed E-state index contributed by atoms with van der Waals surface area (Å²) in [5.41, 5.74) is 0.159. The van der Waals surface area contributed by atoms with Gasteiger partial charge in [-0.3, -0.25) is 9.59 Å². The predicted octanol–water partition coefficient (Wildman–Crippen LogP) is 2.52. The number of carbonyl (C=O) groups is 2. The molecule has 2 amide bonds. The second-order valence-corrected chi connectivity index (χ2v) is 7.68. The lowest BCUT2D eigenvalue weighted by atomic mass is 9.89. The van der Waals surface area contributed by atoms with Gasteiger partial charge in [0.2, 0.25) is 11.8 Å². The Morgan fingerprint density at radius 1 is 1.08 bits per heavy atom. The number of para-hydroxylation sites is 1. The highest BCUT2D eigenvalue weighted by Crippen LogP contribution is 2.22. The van der Waals surface area contributed by atoms with Gasteiger partial charge >= 0.3 is 0 Å². The average Bonchev–Trinajstić information content (AvgIpc) is 2.61. The van der Waals surface area contributed by atoms with Gasteiger partial charge in [-0.15, -0.1) is 0 Å². The molecular weight excluding hydrogens is 314 g/mol. The van der Waals surface area contributed by atoms with Gasteiger partial charge in [0.1, 0.15) is 5.41 Å². The minimum absolute atomic E-state index is 0.0812. The Morgan fingerprint density at radius 3 is 2.24 bits per heavy atom. The molecule has 1 aliphatic heterocycles. The fourth-order valence-corrected chi connectivity index (χ4v) is 2.99. The Bertz CT molecular complexity index is 576. The molecule has 5 heteroatoms. The van der Waals surface area contributed by atoms with E-state index < -0.39 is 5.41 Å². The molecule has 138 valence electrons. The van der Waals surface area contributed by atoms with Crippen LogP contribution in [-0.2, 0) is 9.59 Å². The molecule has 1 aromatic carbocycles. The van der Waals surface area contributed by atoms with Crippen molar-refractivity contribution in [1.82, 2.24) is 10.2 Å². The van der Waals surface area contributed by atoms with Gasteiger partial charge in [-0.05, 0) is 38.3 Å². The Kier molecular flexibility index (Phi) is 6.45. The van der Waals surface area contributed by atoms with Crippen molar-refractivity contribution in [3.63, 3.8) is 0 Å². The van der Waals surface area contributed by atoms with Crippen LogP contribution in [0.5, 0.6) is 0 Å². The molecule has 1 aliphatic rings. The van der Waals surface area contributed by atoms with Crippen molar-refractivity contribution < 1.29 is 9.59 Å². The number of nitrogens with one attached hydrogen (secondary N) is 1. The summed E-state index contributed by atoms with van der Waals surface area (Å²) in [5, 5.41) is 2.91. The standard InChI is InChI=1S/C20H31N3O2/c1-16(2)10-11-21-18(24)20(3,4)19(25)23-14-12-22(13-15-23)17-8-6-5-7-9-17/h5-9,16H,10-15H2,1-4H3,(H,21,24). The number of piperazine rings is 1. The van der Waals surface area contributed by atoms with Crippen LogP contribution in [0.4, 0.5) is 5.69 Å². The summed E-state index contributed by atoms with van der Waals surface area (Å²) >= 11 is 0. The quantitative estimate of drug-likeness (QED) is 0.806. The van der Waals surface area contributed by atoms with E-state index in [0.717, 1.165) is 19.5 Å². The summed E-state index contributed by atoms with van der Waals surface area (Å²) in [6, 6.07) is 10.2. The summed E-state index contributed by atoms with van der Waals surface area (Å²) in [4.78, 5) is 29.4. The molecule has 5 nitrogen and oxygen atoms in total. The molecule has 1 N–H and O–H groups in total. The molecule has 0 atom stereocenters. The molecule has 0 bridgehead atoms. The second-order valence-electron chi connectivity index (χ2n) is 7.68. The number of hydrogen-bond donors (Lipinski definition) is 1. The van der Waals surface area contributed by atoms with Crippen molar-refractivity contribution in [2.75, 3.05) is 37.6 Å². The number of rotatable bonds is 6. The highest BCUT2D eigenvalue weighted by Gasteiger charge is 2.39. The SMILES string of the molecule is CC(C)CCNC(=O)C(C)(C)C(=O)N1CCN(c2ccccc2)CC1. The maximum Gasteiger partial charge on any atom is 0.237 e. The molecule has 0 radical (unpaired) electrons. The summed E-state index contributed by atoms with van der Waals surface area (Å²) in [7, 11) is 0. The largest absolute Gasteiger partial charge is 0.368 e. The van der Waals surface area contributed by atoms with Crippen LogP contribution < -0.4 is 10.2 Å². The zero-order valence-corrected chi connectivity index (χ0v) is 15.9. The zero-order chi connectivity index (χ0) is 18.4. The van der Waals surface area contributed by atoms with E-state index in [-0.39, 0.29) is 11.8 Å². The third kappa shape index (κ3) is 4.97. The van der Waals surface area contributed by atoms with Gasteiger partial charge in [0, 0.05) is 38.4 Å². The van der Waals surface area contributed by atoms with Crippen molar-refractivity contribution in [2.45, 2.75) is 34.1 Å². The van der Waals surface area contributed by atoms with Crippen LogP contribution in [-0.4, -0.2) is 49.4 Å². The molecule has 2 rings (SSSR count). The van der Waals surface area contributed by atoms with E-state index in [1.807, 2.05) is 23.1 Å². The second kappa shape index (κ2) is 8.37. The Hall–Kier alpha value is -2.04. The first-order chi connectivity index (χ1) is 11.8. The third-order valence-corrected chi connectivity index (χ3v) is 4.80. The van der Waals surface area contributed by atoms with Crippen molar-refractivity contribution in [3.8, 4) is 0 Å². The van der Waals surface area contributed by atoms with E-state index in [4.69, 9.17) is 0 Å². The molecule has 0 spiro atoms. The van der Waals surface area contributed by atoms with E-state index in [1.165, 1.54) is 5.69 Å². The average molecular weight is 345 g/mol. The van der Waals surface area contributed by atoms with Crippen LogP contribution >= 0.6 is 0 Å². The van der Waals surface area contributed by atoms with Crippen LogP contribution in [0.1, 0.15) is 34.1 Å². The van der Waals surface area contributed by atoms with Gasteiger partial charge in [-0.2, -0.15) is 0 Å². The number of anilines is 1. The minimum Gasteiger partial charge on any atom is -0.368 e. The predicted molar refractivity (Wildman–Crippen MR) is 101 cm³/mol. The molecule has 25 heavy (non-hydrogen) atoms. The third-order valence-electron chi connectivity index (χ3n) is 4.80. The summed E-state index contributed by atoms with van der Waals surface area (Å²) in [6.45, 7) is 11.2. The van der Waals surface area contributed by atoms with E-state index in [2.05, 4.69) is 36.2 Å². The minimum atomic E-state index is -1.02. The lowest BCUT2D eigenvalue weighted by molar-refractivity contribution is -0.148. The number of carbonyl (C=O) groups excluding carboxylic acids is 2. The molecule has 1 saturated heterocycles. The van der Waals surface area contributed by atoms with Gasteiger partial charge < -0.3 is 15.1 Å². The van der Waals surface area contributed by atoms with Crippen LogP contribution in [0.15, 0.2) is 30.3 Å². The number of benzene rings is 1. The van der Waals surface area contributed by atoms with E-state index in [9.17, 15) is 9.59 Å². The molecule has 1 aromatic rings. The first kappa shape index (κ1) is 19.3. The fraction of sp³-hybridized carbons (Fsp3) is 0.600. The molecule has 1 heterocycles. The molecule has 0 unspecified atom stereocenters. The van der Waals surface area contributed by atoms with E-state index in [0.29, 0.717) is 25.6 Å². The van der Waals surface area contributed by atoms with Gasteiger partial charge in [0.25, 0.3) is 0 Å². The Morgan fingerprint density at radius 2 is 1.68 bits per heavy atom. The van der Waals surface area contributed by atoms with Gasteiger partial charge in [-0.25, -0.2) is 0 Å². The van der Waals surface area contributed by atoms with Gasteiger partial charge in [0.15, 0.2) is 0 Å². The van der Waals surface area contributed by atoms with Crippen molar-refractivity contribution in [3.05, 3.63) is 30.3 Å². The van der Waals surface area contributed by atoms with Gasteiger partial charge in [0.05, 0.1) is 0 Å². The van der Waals surface area contributed by atoms with Crippen molar-refractivity contribution >= 4 is 17.5 Å². The number of nitrogens with zero attached hydrogens (tertiary/aromatic N) is 2. The molecule has 1 fully saturated rings. The fourth-order valence-electron chi connectivity index (χ4n) is 2.99. The molecular formula is C20H31N3O2. The summed E-state index contributed by atoms with van der Waals surface area (Å²) < 4.78 is 0. The summed E-state index contributed by atoms with van der Waals surface area (Å²) in [6.07, 6.45) is 0.922. The maximum atomic E-state index is 12.8. The van der Waals surface area contributed by atoms with Crippen molar-refractivity contribution in [1.29, 1.82) is 0 Å². The van der Waals surface area contributed by atoms with Gasteiger partial charge in [-0.1, -0.05) is 32.0 Å². The normalized spacial score (nSPS) is 15.4. The number of hydrogen-bond acceptors (Lipinski definition) is 3. The first-order valence-electron chi connectivity index (χ1n) is 9.20. The Labute approximate surface area is 151 Å². The number of amides is 2. The molecule has 0 aliphatic carbocycles. The van der Waals surface area contributed by atoms with Crippen molar-refractivity contribution in [2.24, 2.45) is 11.3 Å². The highest BCUT2D eigenvalue weighted by molar-refractivity contribution is 6.04. The lowest BCUT2D eigenvalue weighted by Gasteiger charge is -2.39. The first-order valence-corrected chi connectivity index (χ1v) is 9.20. The van der Waals surface area contributed by atoms with E-state index >= 15 is 0 Å². The smallest absolute Gasteiger partial charge is 0.237 e. The van der Waals surface area contributed by atoms with Crippen LogP contribution in [0, 0.1) is 11.3 Å². The zero-order valence-electron chi connectivity index (χ0n) is 15.9. The van der Waals surface area contributed by atoms with E-state index in [1.54, 1.807) is 13.8 Å². The van der Waals surface area contributed by atoms with Crippen LogP contribution in [0.2, 0.25) is 0 Å². The molecule has 0 aromatic heterocycles. The highest BCUT2D eigenvalue weighted by atomic mass is 16.2. The van der Waals surface area contributed by atoms with Crippen LogP contribution in [0.3, 0.4) is 0 Å². The Balaban J connectivity index is 1.88. The summed E-state index contributed by atoms with van der Waals surface area (Å²) in [5.74, 6) is 0.274. The lowest BCUT2D eigenvalue weighted by Crippen LogP contribution is -2.55. The topological polar surface area (TPSA) is 52.7 Å². The molecule has 0 saturated carbocycles. The monoisotopic (exact) mass is 345 g/mol.